The summed E-state index contributed by atoms with van der Waals surface area (Å²) in [5.41, 5.74) is 0.107. The number of unbranched alkanes of at least 4 members (excludes halogenated alkanes) is 5. The number of carbonyl (C=O) groups excluding carboxylic acids is 5. The molecule has 21 heteroatoms. The van der Waals surface area contributed by atoms with E-state index in [9.17, 15) is 64.8 Å². The van der Waals surface area contributed by atoms with Crippen LogP contribution in [0.3, 0.4) is 0 Å². The van der Waals surface area contributed by atoms with Gasteiger partial charge in [0.15, 0.2) is 24.8 Å². The predicted octanol–water partition coefficient (Wildman–Crippen LogP) is -2.97. The molecule has 11 N–H and O–H groups in total. The van der Waals surface area contributed by atoms with E-state index < -0.39 is 111 Å². The third-order valence-corrected chi connectivity index (χ3v) is 11.5. The van der Waals surface area contributed by atoms with Gasteiger partial charge in [0.05, 0.1) is 25.3 Å². The number of ether oxygens (including phenoxy) is 4. The van der Waals surface area contributed by atoms with Crippen LogP contribution in [0.15, 0.2) is 12.2 Å². The molecule has 0 aromatic heterocycles. The van der Waals surface area contributed by atoms with Gasteiger partial charge in [0.1, 0.15) is 55.4 Å². The first-order valence-corrected chi connectivity index (χ1v) is 20.3. The number of rotatable bonds is 26. The first kappa shape index (κ1) is 48.4. The SMILES string of the molecule is C=C(CCCCCCC)C(=O)OCC(NC(=O)C(O)C(O)C(O[C@@H]1OC(CO)[C@H](O)[C@H](O)C1O)C(O)CO)C(=O)COC(=O)CCCC[C@H]1SC[C@H]2NC(=O)N[C@H]21. The fourth-order valence-corrected chi connectivity index (χ4v) is 8.08. The molecular formula is C36H59N3O17S. The Hall–Kier alpha value is -2.96. The van der Waals surface area contributed by atoms with E-state index >= 15 is 0 Å². The van der Waals surface area contributed by atoms with E-state index in [0.29, 0.717) is 25.7 Å². The molecule has 13 atom stereocenters. The quantitative estimate of drug-likeness (QED) is 0.0179. The van der Waals surface area contributed by atoms with E-state index in [2.05, 4.69) is 29.5 Å². The zero-order chi connectivity index (χ0) is 42.2. The van der Waals surface area contributed by atoms with Crippen molar-refractivity contribution in [2.24, 2.45) is 0 Å². The Balaban J connectivity index is 1.61. The van der Waals surface area contributed by atoms with E-state index in [1.807, 2.05) is 0 Å². The van der Waals surface area contributed by atoms with Gasteiger partial charge in [-0.2, -0.15) is 11.8 Å². The number of hydrogen-bond donors (Lipinski definition) is 11. The molecule has 3 amide bonds. The third kappa shape index (κ3) is 14.4. The summed E-state index contributed by atoms with van der Waals surface area (Å²) < 4.78 is 20.9. The van der Waals surface area contributed by atoms with Gasteiger partial charge in [-0.1, -0.05) is 45.6 Å². The average molecular weight is 838 g/mol. The summed E-state index contributed by atoms with van der Waals surface area (Å²) in [6.07, 6.45) is -11.7. The minimum absolute atomic E-state index is 0.0107. The molecule has 0 aliphatic carbocycles. The molecule has 3 saturated heterocycles. The van der Waals surface area contributed by atoms with Crippen LogP contribution in [0.2, 0.25) is 0 Å². The Kier molecular flexibility index (Phi) is 20.6. The number of fused-ring (bicyclic) bond motifs is 1. The Morgan fingerprint density at radius 2 is 1.65 bits per heavy atom. The first-order valence-electron chi connectivity index (χ1n) is 19.3. The number of Topliss-reactive ketones (excluding diaryl/α,β-unsaturated/α-hetero) is 1. The number of amides is 3. The Morgan fingerprint density at radius 1 is 0.947 bits per heavy atom. The molecule has 20 nitrogen and oxygen atoms in total. The normalized spacial score (nSPS) is 28.2. The Morgan fingerprint density at radius 3 is 2.33 bits per heavy atom. The highest BCUT2D eigenvalue weighted by Gasteiger charge is 2.48. The smallest absolute Gasteiger partial charge is 0.333 e. The van der Waals surface area contributed by atoms with Crippen molar-refractivity contribution in [3.63, 3.8) is 0 Å². The monoisotopic (exact) mass is 837 g/mol. The van der Waals surface area contributed by atoms with E-state index in [4.69, 9.17) is 18.9 Å². The van der Waals surface area contributed by atoms with Gasteiger partial charge in [-0.25, -0.2) is 9.59 Å². The summed E-state index contributed by atoms with van der Waals surface area (Å²) in [5, 5.41) is 89.7. The van der Waals surface area contributed by atoms with Crippen molar-refractivity contribution in [3.8, 4) is 0 Å². The third-order valence-electron chi connectivity index (χ3n) is 10.0. The van der Waals surface area contributed by atoms with Crippen molar-refractivity contribution in [1.29, 1.82) is 0 Å². The molecule has 0 spiro atoms. The van der Waals surface area contributed by atoms with Crippen LogP contribution < -0.4 is 16.0 Å². The lowest BCUT2D eigenvalue weighted by molar-refractivity contribution is -0.326. The molecule has 0 saturated carbocycles. The summed E-state index contributed by atoms with van der Waals surface area (Å²) in [6, 6.07) is -1.86. The molecule has 0 aromatic rings. The highest BCUT2D eigenvalue weighted by atomic mass is 32.2. The lowest BCUT2D eigenvalue weighted by Crippen LogP contribution is -2.62. The van der Waals surface area contributed by atoms with Gasteiger partial charge in [0.25, 0.3) is 5.91 Å². The van der Waals surface area contributed by atoms with E-state index in [1.54, 1.807) is 11.8 Å². The van der Waals surface area contributed by atoms with Crippen molar-refractivity contribution >= 4 is 41.4 Å². The van der Waals surface area contributed by atoms with Gasteiger partial charge in [-0.3, -0.25) is 14.4 Å². The number of nitrogens with one attached hydrogen (secondary N) is 3. The maximum atomic E-state index is 13.3. The average Bonchev–Trinajstić information content (AvgIpc) is 3.76. The molecule has 7 unspecified atom stereocenters. The van der Waals surface area contributed by atoms with Crippen LogP contribution in [0.1, 0.15) is 71.1 Å². The molecular weight excluding hydrogens is 778 g/mol. The molecule has 3 aliphatic rings. The van der Waals surface area contributed by atoms with Crippen molar-refractivity contribution < 1.29 is 83.8 Å². The molecule has 326 valence electrons. The second kappa shape index (κ2) is 24.2. The fraction of sp³-hybridized carbons (Fsp3) is 0.806. The van der Waals surface area contributed by atoms with Gasteiger partial charge in [0.2, 0.25) is 0 Å². The minimum Gasteiger partial charge on any atom is -0.460 e. The van der Waals surface area contributed by atoms with Crippen molar-refractivity contribution in [1.82, 2.24) is 16.0 Å². The topological polar surface area (TPSA) is 320 Å². The number of aliphatic hydroxyl groups is 8. The van der Waals surface area contributed by atoms with Gasteiger partial charge in [0, 0.05) is 23.0 Å². The van der Waals surface area contributed by atoms with Crippen LogP contribution in [-0.2, 0) is 38.1 Å². The van der Waals surface area contributed by atoms with Crippen LogP contribution in [0.4, 0.5) is 4.79 Å². The number of esters is 2. The number of urea groups is 1. The number of hydrogen-bond acceptors (Lipinski definition) is 18. The van der Waals surface area contributed by atoms with Crippen LogP contribution in [0, 0.1) is 0 Å². The lowest BCUT2D eigenvalue weighted by atomic mass is 9.98. The molecule has 0 bridgehead atoms. The molecule has 3 fully saturated rings. The summed E-state index contributed by atoms with van der Waals surface area (Å²) in [5.74, 6) is -3.23. The van der Waals surface area contributed by atoms with E-state index in [0.717, 1.165) is 37.9 Å². The first-order chi connectivity index (χ1) is 27.1. The highest BCUT2D eigenvalue weighted by molar-refractivity contribution is 8.00. The van der Waals surface area contributed by atoms with E-state index in [1.165, 1.54) is 0 Å². The minimum atomic E-state index is -2.53. The van der Waals surface area contributed by atoms with Crippen molar-refractivity contribution in [2.45, 2.75) is 150 Å². The Bertz CT molecular complexity index is 1340. The molecule has 3 rings (SSSR count). The second-order valence-corrected chi connectivity index (χ2v) is 15.7. The zero-order valence-electron chi connectivity index (χ0n) is 32.0. The van der Waals surface area contributed by atoms with Crippen molar-refractivity contribution in [3.05, 3.63) is 12.2 Å². The molecule has 3 heterocycles. The largest absolute Gasteiger partial charge is 0.460 e. The molecule has 3 aliphatic heterocycles. The van der Waals surface area contributed by atoms with Crippen LogP contribution in [0.5, 0.6) is 0 Å². The molecule has 57 heavy (non-hydrogen) atoms. The van der Waals surface area contributed by atoms with Gasteiger partial charge >= 0.3 is 18.0 Å². The van der Waals surface area contributed by atoms with E-state index in [-0.39, 0.29) is 35.4 Å². The van der Waals surface area contributed by atoms with Gasteiger partial charge < -0.3 is 75.8 Å². The Labute approximate surface area is 334 Å². The number of thioether (sulfide) groups is 1. The summed E-state index contributed by atoms with van der Waals surface area (Å²) in [6.45, 7) is 2.14. The maximum absolute atomic E-state index is 13.3. The summed E-state index contributed by atoms with van der Waals surface area (Å²) in [4.78, 5) is 63.4. The van der Waals surface area contributed by atoms with Crippen LogP contribution >= 0.6 is 11.8 Å². The highest BCUT2D eigenvalue weighted by Crippen LogP contribution is 2.33. The van der Waals surface area contributed by atoms with Crippen LogP contribution in [0.25, 0.3) is 0 Å². The molecule has 0 radical (unpaired) electrons. The van der Waals surface area contributed by atoms with Gasteiger partial charge in [-0.05, 0) is 25.7 Å². The lowest BCUT2D eigenvalue weighted by Gasteiger charge is -2.42. The van der Waals surface area contributed by atoms with Gasteiger partial charge in [-0.15, -0.1) is 0 Å². The number of aliphatic hydroxyl groups excluding tert-OH is 8. The standard InChI is InChI=1S/C36H59N3O17S/c1-3-4-5-6-7-10-18(2)34(51)54-15-19(22(43)16-53-25(44)12-9-8-11-24-26-20(17-57-24)38-36(52)39-26)37-33(50)30(48)29(47)32(21(42)13-40)56-35-31(49)28(46)27(45)23(14-41)55-35/h19-21,23-24,26-32,35,40-42,45-49H,2-17H2,1H3,(H,37,50)(H2,38,39,52)/t19?,20-,21?,23?,24-,26-,27+,28+,29?,30?,31?,32?,35+/m1/s1. The fourth-order valence-electron chi connectivity index (χ4n) is 6.53. The summed E-state index contributed by atoms with van der Waals surface area (Å²) in [7, 11) is 0. The number of ketones is 1. The predicted molar refractivity (Wildman–Crippen MR) is 199 cm³/mol. The van der Waals surface area contributed by atoms with Crippen LogP contribution in [-0.4, -0.2) is 181 Å². The maximum Gasteiger partial charge on any atom is 0.333 e. The molecule has 0 aromatic carbocycles. The summed E-state index contributed by atoms with van der Waals surface area (Å²) >= 11 is 1.73. The van der Waals surface area contributed by atoms with Crippen molar-refractivity contribution in [2.75, 3.05) is 32.2 Å². The second-order valence-electron chi connectivity index (χ2n) is 14.4. The zero-order valence-corrected chi connectivity index (χ0v) is 32.8. The number of carbonyl (C=O) groups is 5.